The van der Waals surface area contributed by atoms with Crippen LogP contribution in [0.3, 0.4) is 0 Å². The molecule has 0 aliphatic rings. The van der Waals surface area contributed by atoms with Crippen LogP contribution < -0.4 is 14.8 Å². The number of phenolic OH excluding ortho intramolecular Hbond substituents is 1. The quantitative estimate of drug-likeness (QED) is 0.723. The maximum absolute atomic E-state index is 12.4. The number of carbonyl (C=O) groups excluding carboxylic acids is 1. The Morgan fingerprint density at radius 2 is 1.64 bits per heavy atom. The molecule has 0 saturated heterocycles. The van der Waals surface area contributed by atoms with Gasteiger partial charge in [-0.2, -0.15) is 0 Å². The van der Waals surface area contributed by atoms with Crippen molar-refractivity contribution >= 4 is 11.6 Å². The molecule has 0 bridgehead atoms. The van der Waals surface area contributed by atoms with E-state index >= 15 is 0 Å². The zero-order chi connectivity index (χ0) is 17.6. The Labute approximate surface area is 145 Å². The summed E-state index contributed by atoms with van der Waals surface area (Å²) in [7, 11) is 1.52. The Kier molecular flexibility index (Phi) is 4.85. The van der Waals surface area contributed by atoms with Crippen molar-refractivity contribution in [3.05, 3.63) is 78.4 Å². The number of para-hydroxylation sites is 1. The van der Waals surface area contributed by atoms with Crippen LogP contribution in [0.15, 0.2) is 72.8 Å². The molecule has 0 unspecified atom stereocenters. The predicted octanol–water partition coefficient (Wildman–Crippen LogP) is 4.45. The lowest BCUT2D eigenvalue weighted by Gasteiger charge is -2.11. The summed E-state index contributed by atoms with van der Waals surface area (Å²) in [5.74, 6) is 1.41. The van der Waals surface area contributed by atoms with Gasteiger partial charge >= 0.3 is 0 Å². The van der Waals surface area contributed by atoms with E-state index in [9.17, 15) is 9.90 Å². The van der Waals surface area contributed by atoms with Crippen molar-refractivity contribution in [2.24, 2.45) is 0 Å². The average Bonchev–Trinajstić information content (AvgIpc) is 2.62. The van der Waals surface area contributed by atoms with Gasteiger partial charge < -0.3 is 19.9 Å². The Morgan fingerprint density at radius 3 is 2.40 bits per heavy atom. The molecule has 126 valence electrons. The van der Waals surface area contributed by atoms with E-state index in [0.717, 1.165) is 0 Å². The Bertz CT molecular complexity index is 892. The van der Waals surface area contributed by atoms with E-state index in [-0.39, 0.29) is 11.7 Å². The van der Waals surface area contributed by atoms with Gasteiger partial charge in [0.15, 0.2) is 0 Å². The summed E-state index contributed by atoms with van der Waals surface area (Å²) in [5.41, 5.74) is 1.04. The van der Waals surface area contributed by atoms with Crippen LogP contribution in [0.2, 0.25) is 0 Å². The van der Waals surface area contributed by atoms with Crippen molar-refractivity contribution in [2.75, 3.05) is 12.4 Å². The number of nitrogens with one attached hydrogen (secondary N) is 1. The van der Waals surface area contributed by atoms with E-state index in [1.807, 2.05) is 0 Å². The standard InChI is InChI=1S/C20H17NO4/c1-24-19-11-3-2-10-18(19)20(23)21-14-6-4-8-16(12-14)25-17-9-5-7-15(22)13-17/h2-13,22H,1H3,(H,21,23). The first kappa shape index (κ1) is 16.4. The zero-order valence-electron chi connectivity index (χ0n) is 13.6. The van der Waals surface area contributed by atoms with Gasteiger partial charge in [-0.05, 0) is 36.4 Å². The summed E-state index contributed by atoms with van der Waals surface area (Å²) in [4.78, 5) is 12.4. The number of hydrogen-bond acceptors (Lipinski definition) is 4. The van der Waals surface area contributed by atoms with Gasteiger partial charge in [0.1, 0.15) is 23.0 Å². The molecule has 5 nitrogen and oxygen atoms in total. The average molecular weight is 335 g/mol. The molecule has 0 atom stereocenters. The highest BCUT2D eigenvalue weighted by Gasteiger charge is 2.12. The van der Waals surface area contributed by atoms with E-state index in [0.29, 0.717) is 28.5 Å². The van der Waals surface area contributed by atoms with Gasteiger partial charge in [-0.15, -0.1) is 0 Å². The van der Waals surface area contributed by atoms with Crippen LogP contribution >= 0.6 is 0 Å². The Morgan fingerprint density at radius 1 is 0.920 bits per heavy atom. The SMILES string of the molecule is COc1ccccc1C(=O)Nc1cccc(Oc2cccc(O)c2)c1. The molecule has 0 fully saturated rings. The highest BCUT2D eigenvalue weighted by atomic mass is 16.5. The van der Waals surface area contributed by atoms with Gasteiger partial charge in [0.05, 0.1) is 12.7 Å². The molecule has 0 saturated carbocycles. The molecule has 0 spiro atoms. The number of anilines is 1. The van der Waals surface area contributed by atoms with Crippen molar-refractivity contribution in [3.8, 4) is 23.0 Å². The third kappa shape index (κ3) is 4.09. The zero-order valence-corrected chi connectivity index (χ0v) is 13.6. The van der Waals surface area contributed by atoms with Crippen molar-refractivity contribution in [1.82, 2.24) is 0 Å². The van der Waals surface area contributed by atoms with Crippen molar-refractivity contribution in [1.29, 1.82) is 0 Å². The highest BCUT2D eigenvalue weighted by molar-refractivity contribution is 6.06. The lowest BCUT2D eigenvalue weighted by Crippen LogP contribution is -2.13. The van der Waals surface area contributed by atoms with Crippen molar-refractivity contribution in [3.63, 3.8) is 0 Å². The van der Waals surface area contributed by atoms with Gasteiger partial charge in [0, 0.05) is 17.8 Å². The third-order valence-corrected chi connectivity index (χ3v) is 3.50. The third-order valence-electron chi connectivity index (χ3n) is 3.50. The van der Waals surface area contributed by atoms with Crippen molar-refractivity contribution < 1.29 is 19.4 Å². The molecule has 0 aliphatic heterocycles. The molecule has 0 heterocycles. The summed E-state index contributed by atoms with van der Waals surface area (Å²) < 4.78 is 10.9. The van der Waals surface area contributed by atoms with Gasteiger partial charge in [-0.3, -0.25) is 4.79 Å². The fraction of sp³-hybridized carbons (Fsp3) is 0.0500. The second-order valence-corrected chi connectivity index (χ2v) is 5.28. The van der Waals surface area contributed by atoms with Crippen LogP contribution in [0.5, 0.6) is 23.0 Å². The van der Waals surface area contributed by atoms with Crippen LogP contribution in [0.4, 0.5) is 5.69 Å². The molecule has 2 N–H and O–H groups in total. The minimum absolute atomic E-state index is 0.123. The number of benzene rings is 3. The van der Waals surface area contributed by atoms with Crippen LogP contribution in [-0.2, 0) is 0 Å². The second-order valence-electron chi connectivity index (χ2n) is 5.28. The maximum Gasteiger partial charge on any atom is 0.259 e. The number of methoxy groups -OCH3 is 1. The van der Waals surface area contributed by atoms with Crippen LogP contribution in [0.1, 0.15) is 10.4 Å². The van der Waals surface area contributed by atoms with Crippen molar-refractivity contribution in [2.45, 2.75) is 0 Å². The number of phenols is 1. The lowest BCUT2D eigenvalue weighted by molar-refractivity contribution is 0.102. The highest BCUT2D eigenvalue weighted by Crippen LogP contribution is 2.27. The monoisotopic (exact) mass is 335 g/mol. The van der Waals surface area contributed by atoms with E-state index in [1.165, 1.54) is 13.2 Å². The Balaban J connectivity index is 1.76. The smallest absolute Gasteiger partial charge is 0.259 e. The van der Waals surface area contributed by atoms with E-state index in [4.69, 9.17) is 9.47 Å². The molecular weight excluding hydrogens is 318 g/mol. The molecule has 3 rings (SSSR count). The normalized spacial score (nSPS) is 10.1. The van der Waals surface area contributed by atoms with Gasteiger partial charge in [-0.25, -0.2) is 0 Å². The van der Waals surface area contributed by atoms with Gasteiger partial charge in [0.2, 0.25) is 0 Å². The second kappa shape index (κ2) is 7.40. The lowest BCUT2D eigenvalue weighted by atomic mass is 10.2. The number of aromatic hydroxyl groups is 1. The fourth-order valence-corrected chi connectivity index (χ4v) is 2.35. The summed E-state index contributed by atoms with van der Waals surface area (Å²) in [6, 6.07) is 20.5. The number of ether oxygens (including phenoxy) is 2. The first-order valence-electron chi connectivity index (χ1n) is 7.67. The number of hydrogen-bond donors (Lipinski definition) is 2. The van der Waals surface area contributed by atoms with Crippen LogP contribution in [0, 0.1) is 0 Å². The first-order valence-corrected chi connectivity index (χ1v) is 7.67. The molecule has 25 heavy (non-hydrogen) atoms. The molecule has 1 amide bonds. The molecule has 5 heteroatoms. The summed E-state index contributed by atoms with van der Waals surface area (Å²) in [6.07, 6.45) is 0. The minimum atomic E-state index is -0.271. The van der Waals surface area contributed by atoms with E-state index < -0.39 is 0 Å². The summed E-state index contributed by atoms with van der Waals surface area (Å²) >= 11 is 0. The fourth-order valence-electron chi connectivity index (χ4n) is 2.35. The van der Waals surface area contributed by atoms with Crippen LogP contribution in [-0.4, -0.2) is 18.1 Å². The minimum Gasteiger partial charge on any atom is -0.508 e. The molecule has 3 aromatic rings. The topological polar surface area (TPSA) is 67.8 Å². The van der Waals surface area contributed by atoms with Gasteiger partial charge in [0.25, 0.3) is 5.91 Å². The molecule has 0 aliphatic carbocycles. The predicted molar refractivity (Wildman–Crippen MR) is 95.6 cm³/mol. The van der Waals surface area contributed by atoms with E-state index in [2.05, 4.69) is 5.32 Å². The summed E-state index contributed by atoms with van der Waals surface area (Å²) in [6.45, 7) is 0. The molecule has 0 radical (unpaired) electrons. The van der Waals surface area contributed by atoms with Crippen LogP contribution in [0.25, 0.3) is 0 Å². The number of amides is 1. The first-order chi connectivity index (χ1) is 12.2. The largest absolute Gasteiger partial charge is 0.508 e. The molecule has 3 aromatic carbocycles. The van der Waals surface area contributed by atoms with Gasteiger partial charge in [-0.1, -0.05) is 24.3 Å². The summed E-state index contributed by atoms with van der Waals surface area (Å²) in [5, 5.41) is 12.3. The maximum atomic E-state index is 12.4. The number of carbonyl (C=O) groups is 1. The van der Waals surface area contributed by atoms with E-state index in [1.54, 1.807) is 66.7 Å². The molecule has 0 aromatic heterocycles. The number of rotatable bonds is 5. The molecular formula is C20H17NO4. The Hall–Kier alpha value is -3.47.